The van der Waals surface area contributed by atoms with Crippen molar-refractivity contribution in [3.63, 3.8) is 0 Å². The summed E-state index contributed by atoms with van der Waals surface area (Å²) in [5.41, 5.74) is 3.07. The largest absolute Gasteiger partial charge is 0.380 e. The number of guanidine groups is 1. The van der Waals surface area contributed by atoms with Crippen molar-refractivity contribution in [2.24, 2.45) is 10.4 Å². The number of hydrogen-bond acceptors (Lipinski definition) is 2. The first-order valence-electron chi connectivity index (χ1n) is 8.77. The molecule has 1 aromatic rings. The van der Waals surface area contributed by atoms with Crippen LogP contribution in [0, 0.1) is 5.41 Å². The van der Waals surface area contributed by atoms with Crippen LogP contribution in [0.2, 0.25) is 0 Å². The molecule has 0 atom stereocenters. The number of benzene rings is 1. The van der Waals surface area contributed by atoms with Gasteiger partial charge in [0.1, 0.15) is 0 Å². The molecule has 1 saturated heterocycles. The van der Waals surface area contributed by atoms with Crippen molar-refractivity contribution < 1.29 is 4.74 Å². The van der Waals surface area contributed by atoms with Crippen LogP contribution in [0.1, 0.15) is 43.2 Å². The van der Waals surface area contributed by atoms with Crippen molar-refractivity contribution in [3.05, 3.63) is 35.4 Å². The molecule has 0 aromatic heterocycles. The molecular formula is C19H29N3O. The summed E-state index contributed by atoms with van der Waals surface area (Å²) in [5, 5.41) is 3.54. The molecule has 0 radical (unpaired) electrons. The van der Waals surface area contributed by atoms with Crippen LogP contribution in [0.3, 0.4) is 0 Å². The number of likely N-dealkylation sites (tertiary alicyclic amines) is 1. The summed E-state index contributed by atoms with van der Waals surface area (Å²) < 4.78 is 5.21. The summed E-state index contributed by atoms with van der Waals surface area (Å²) in [6, 6.07) is 8.55. The maximum absolute atomic E-state index is 5.21. The minimum Gasteiger partial charge on any atom is -0.380 e. The molecule has 1 spiro atoms. The highest BCUT2D eigenvalue weighted by Crippen LogP contribution is 2.45. The Kier molecular flexibility index (Phi) is 5.21. The molecule has 1 aliphatic heterocycles. The Morgan fingerprint density at radius 2 is 2.04 bits per heavy atom. The lowest BCUT2D eigenvalue weighted by Gasteiger charge is -2.26. The molecule has 126 valence electrons. The van der Waals surface area contributed by atoms with Crippen LogP contribution < -0.4 is 5.32 Å². The van der Waals surface area contributed by atoms with Gasteiger partial charge in [0.05, 0.1) is 6.61 Å². The lowest BCUT2D eigenvalue weighted by Crippen LogP contribution is -2.40. The number of nitrogens with zero attached hydrogens (tertiary/aromatic N) is 2. The fraction of sp³-hybridized carbons (Fsp3) is 0.632. The average molecular weight is 315 g/mol. The molecule has 3 rings (SSSR count). The molecule has 0 unspecified atom stereocenters. The van der Waals surface area contributed by atoms with E-state index in [0.717, 1.165) is 19.0 Å². The van der Waals surface area contributed by atoms with Crippen molar-refractivity contribution in [1.29, 1.82) is 0 Å². The first-order valence-corrected chi connectivity index (χ1v) is 8.77. The quantitative estimate of drug-likeness (QED) is 0.685. The van der Waals surface area contributed by atoms with E-state index in [1.165, 1.54) is 49.8 Å². The minimum absolute atomic E-state index is 0.579. The van der Waals surface area contributed by atoms with Gasteiger partial charge in [-0.3, -0.25) is 4.99 Å². The highest BCUT2D eigenvalue weighted by Gasteiger charge is 2.40. The number of aliphatic imine (C=N–C) groups is 1. The monoisotopic (exact) mass is 315 g/mol. The average Bonchev–Trinajstić information content (AvgIpc) is 3.19. The van der Waals surface area contributed by atoms with Gasteiger partial charge in [-0.05, 0) is 35.8 Å². The Morgan fingerprint density at radius 1 is 1.26 bits per heavy atom. The first kappa shape index (κ1) is 16.3. The normalized spacial score (nSPS) is 20.4. The highest BCUT2D eigenvalue weighted by molar-refractivity contribution is 5.80. The predicted octanol–water partition coefficient (Wildman–Crippen LogP) is 3.17. The Labute approximate surface area is 139 Å². The van der Waals surface area contributed by atoms with Crippen LogP contribution in [-0.2, 0) is 17.9 Å². The van der Waals surface area contributed by atoms with Crippen LogP contribution in [0.15, 0.2) is 29.3 Å². The molecule has 0 bridgehead atoms. The molecule has 1 N–H and O–H groups in total. The number of ether oxygens (including phenoxy) is 1. The van der Waals surface area contributed by atoms with Gasteiger partial charge in [-0.2, -0.15) is 0 Å². The second-order valence-corrected chi connectivity index (χ2v) is 7.03. The van der Waals surface area contributed by atoms with Crippen molar-refractivity contribution in [2.75, 3.05) is 27.2 Å². The van der Waals surface area contributed by atoms with Gasteiger partial charge < -0.3 is 15.0 Å². The SMILES string of the molecule is CN=C(NCc1cccc(COC)c1)N1CCC2(CCCC2)C1. The molecule has 23 heavy (non-hydrogen) atoms. The third-order valence-corrected chi connectivity index (χ3v) is 5.37. The van der Waals surface area contributed by atoms with Crippen molar-refractivity contribution in [3.8, 4) is 0 Å². The molecular weight excluding hydrogens is 286 g/mol. The Morgan fingerprint density at radius 3 is 2.78 bits per heavy atom. The van der Waals surface area contributed by atoms with Gasteiger partial charge in [-0.25, -0.2) is 0 Å². The fourth-order valence-electron chi connectivity index (χ4n) is 4.16. The van der Waals surface area contributed by atoms with Gasteiger partial charge in [-0.1, -0.05) is 37.1 Å². The smallest absolute Gasteiger partial charge is 0.193 e. The molecule has 2 fully saturated rings. The molecule has 1 heterocycles. The van der Waals surface area contributed by atoms with Crippen molar-refractivity contribution in [2.45, 2.75) is 45.3 Å². The van der Waals surface area contributed by atoms with E-state index < -0.39 is 0 Å². The van der Waals surface area contributed by atoms with E-state index in [1.54, 1.807) is 7.11 Å². The Hall–Kier alpha value is -1.55. The number of hydrogen-bond donors (Lipinski definition) is 1. The third kappa shape index (κ3) is 3.86. The lowest BCUT2D eigenvalue weighted by atomic mass is 9.86. The van der Waals surface area contributed by atoms with E-state index in [1.807, 2.05) is 7.05 Å². The van der Waals surface area contributed by atoms with Gasteiger partial charge in [0, 0.05) is 33.8 Å². The van der Waals surface area contributed by atoms with Gasteiger partial charge in [-0.15, -0.1) is 0 Å². The van der Waals surface area contributed by atoms with Gasteiger partial charge in [0.2, 0.25) is 0 Å². The minimum atomic E-state index is 0.579. The summed E-state index contributed by atoms with van der Waals surface area (Å²) in [4.78, 5) is 6.95. The summed E-state index contributed by atoms with van der Waals surface area (Å²) in [5.74, 6) is 1.05. The number of methoxy groups -OCH3 is 1. The van der Waals surface area contributed by atoms with Crippen molar-refractivity contribution >= 4 is 5.96 Å². The van der Waals surface area contributed by atoms with Crippen LogP contribution in [0.5, 0.6) is 0 Å². The topological polar surface area (TPSA) is 36.9 Å². The predicted molar refractivity (Wildman–Crippen MR) is 94.4 cm³/mol. The number of nitrogens with one attached hydrogen (secondary N) is 1. The first-order chi connectivity index (χ1) is 11.2. The molecule has 0 amide bonds. The Balaban J connectivity index is 1.57. The third-order valence-electron chi connectivity index (χ3n) is 5.37. The van der Waals surface area contributed by atoms with E-state index in [-0.39, 0.29) is 0 Å². The fourth-order valence-corrected chi connectivity index (χ4v) is 4.16. The maximum Gasteiger partial charge on any atom is 0.193 e. The summed E-state index contributed by atoms with van der Waals surface area (Å²) >= 11 is 0. The zero-order valence-electron chi connectivity index (χ0n) is 14.5. The second kappa shape index (κ2) is 7.35. The maximum atomic E-state index is 5.21. The zero-order valence-corrected chi connectivity index (χ0v) is 14.5. The van der Waals surface area contributed by atoms with Gasteiger partial charge in [0.25, 0.3) is 0 Å². The highest BCUT2D eigenvalue weighted by atomic mass is 16.5. The van der Waals surface area contributed by atoms with Crippen LogP contribution in [-0.4, -0.2) is 38.1 Å². The second-order valence-electron chi connectivity index (χ2n) is 7.03. The summed E-state index contributed by atoms with van der Waals surface area (Å²) in [6.07, 6.45) is 6.95. The van der Waals surface area contributed by atoms with Crippen LogP contribution in [0.25, 0.3) is 0 Å². The molecule has 1 aliphatic carbocycles. The molecule has 1 saturated carbocycles. The molecule has 4 nitrogen and oxygen atoms in total. The van der Waals surface area contributed by atoms with E-state index in [2.05, 4.69) is 39.5 Å². The molecule has 2 aliphatic rings. The zero-order chi connectivity index (χ0) is 16.1. The Bertz CT molecular complexity index is 549. The van der Waals surface area contributed by atoms with Crippen LogP contribution in [0.4, 0.5) is 0 Å². The summed E-state index contributed by atoms with van der Waals surface area (Å²) in [7, 11) is 3.63. The van der Waals surface area contributed by atoms with Crippen LogP contribution >= 0.6 is 0 Å². The van der Waals surface area contributed by atoms with Crippen molar-refractivity contribution in [1.82, 2.24) is 10.2 Å². The lowest BCUT2D eigenvalue weighted by molar-refractivity contribution is 0.185. The van der Waals surface area contributed by atoms with E-state index in [0.29, 0.717) is 12.0 Å². The van der Waals surface area contributed by atoms with Gasteiger partial charge >= 0.3 is 0 Å². The van der Waals surface area contributed by atoms with E-state index >= 15 is 0 Å². The van der Waals surface area contributed by atoms with E-state index in [4.69, 9.17) is 4.74 Å². The number of rotatable bonds is 4. The van der Waals surface area contributed by atoms with E-state index in [9.17, 15) is 0 Å². The van der Waals surface area contributed by atoms with Gasteiger partial charge in [0.15, 0.2) is 5.96 Å². The summed E-state index contributed by atoms with van der Waals surface area (Å²) in [6.45, 7) is 3.80. The molecule has 1 aromatic carbocycles. The standard InChI is InChI=1S/C19H29N3O/c1-20-18(22-11-10-19(15-22)8-3-4-9-19)21-13-16-6-5-7-17(12-16)14-23-2/h5-7,12H,3-4,8-11,13-15H2,1-2H3,(H,20,21). The molecule has 4 heteroatoms.